The molecule has 0 radical (unpaired) electrons. The van der Waals surface area contributed by atoms with Crippen LogP contribution in [-0.4, -0.2) is 43.5 Å². The number of nitrogen functional groups attached to an aromatic ring is 1. The van der Waals surface area contributed by atoms with E-state index in [-0.39, 0.29) is 5.75 Å². The second-order valence-corrected chi connectivity index (χ2v) is 9.47. The number of aromatic nitrogens is 2. The molecule has 4 rings (SSSR count). The molecule has 0 aliphatic heterocycles. The smallest absolute Gasteiger partial charge is 0.203 e. The number of anilines is 3. The third-order valence-corrected chi connectivity index (χ3v) is 7.62. The van der Waals surface area contributed by atoms with E-state index in [1.807, 2.05) is 5.38 Å². The van der Waals surface area contributed by atoms with Gasteiger partial charge in [-0.1, -0.05) is 11.3 Å². The molecule has 12 heteroatoms. The van der Waals surface area contributed by atoms with Gasteiger partial charge in [-0.25, -0.2) is 9.97 Å². The van der Waals surface area contributed by atoms with E-state index >= 15 is 0 Å². The highest BCUT2D eigenvalue weighted by Crippen LogP contribution is 2.44. The van der Waals surface area contributed by atoms with Crippen LogP contribution in [0.15, 0.2) is 34.1 Å². The first-order valence-corrected chi connectivity index (χ1v) is 12.2. The van der Waals surface area contributed by atoms with Crippen molar-refractivity contribution >= 4 is 55.2 Å². The van der Waals surface area contributed by atoms with E-state index in [9.17, 15) is 5.11 Å². The quantitative estimate of drug-likeness (QED) is 0.245. The number of nitrogens with one attached hydrogen (secondary N) is 1. The van der Waals surface area contributed by atoms with Crippen LogP contribution in [0.5, 0.6) is 28.7 Å². The highest BCUT2D eigenvalue weighted by atomic mass is 79.9. The Morgan fingerprint density at radius 1 is 0.971 bits per heavy atom. The minimum atomic E-state index is 0.0676. The first-order chi connectivity index (χ1) is 16.4. The summed E-state index contributed by atoms with van der Waals surface area (Å²) in [6, 6.07) is 6.90. The van der Waals surface area contributed by atoms with Gasteiger partial charge < -0.3 is 35.1 Å². The summed E-state index contributed by atoms with van der Waals surface area (Å²) < 4.78 is 22.0. The van der Waals surface area contributed by atoms with Gasteiger partial charge in [0, 0.05) is 34.8 Å². The molecule has 0 aliphatic carbocycles. The fraction of sp³-hybridized carbons (Fsp3) is 0.182. The highest BCUT2D eigenvalue weighted by Gasteiger charge is 2.19. The lowest BCUT2D eigenvalue weighted by Gasteiger charge is -2.14. The second kappa shape index (κ2) is 9.95. The van der Waals surface area contributed by atoms with Gasteiger partial charge in [-0.05, 0) is 22.0 Å². The van der Waals surface area contributed by atoms with Gasteiger partial charge in [0.05, 0.1) is 38.6 Å². The second-order valence-electron chi connectivity index (χ2n) is 6.82. The van der Waals surface area contributed by atoms with Crippen molar-refractivity contribution in [2.45, 2.75) is 0 Å². The van der Waals surface area contributed by atoms with Crippen LogP contribution in [-0.2, 0) is 0 Å². The van der Waals surface area contributed by atoms with E-state index in [1.54, 1.807) is 46.6 Å². The largest absolute Gasteiger partial charge is 0.507 e. The van der Waals surface area contributed by atoms with E-state index in [0.717, 1.165) is 4.88 Å². The number of nitrogens with zero attached hydrogens (tertiary/aromatic N) is 2. The third kappa shape index (κ3) is 4.56. The molecule has 2 aromatic heterocycles. The topological polar surface area (TPSA) is 121 Å². The predicted octanol–water partition coefficient (Wildman–Crippen LogP) is 5.76. The summed E-state index contributed by atoms with van der Waals surface area (Å²) in [6.07, 6.45) is 0. The van der Waals surface area contributed by atoms with Gasteiger partial charge >= 0.3 is 0 Å². The first kappa shape index (κ1) is 23.9. The molecule has 2 heterocycles. The fourth-order valence-corrected chi connectivity index (χ4v) is 5.46. The number of hydrogen-bond acceptors (Lipinski definition) is 11. The lowest BCUT2D eigenvalue weighted by atomic mass is 10.1. The standard InChI is InChI=1S/C22H21BrN4O5S2/c1-29-11-7-12(17(23)14(28)8-11)13-9-33-21(26-13)19-20(24)27-22(34-19)25-10-5-15(30-2)18(32-4)16(6-10)31-3/h5-9,28H,24H2,1-4H3,(H,25,27). The minimum absolute atomic E-state index is 0.0676. The van der Waals surface area contributed by atoms with E-state index in [0.29, 0.717) is 60.4 Å². The molecule has 0 aliphatic rings. The van der Waals surface area contributed by atoms with Gasteiger partial charge in [-0.2, -0.15) is 0 Å². The van der Waals surface area contributed by atoms with Crippen molar-refractivity contribution in [3.63, 3.8) is 0 Å². The van der Waals surface area contributed by atoms with Crippen molar-refractivity contribution in [2.24, 2.45) is 0 Å². The molecule has 0 saturated heterocycles. The van der Waals surface area contributed by atoms with Gasteiger partial charge in [0.1, 0.15) is 27.2 Å². The lowest BCUT2D eigenvalue weighted by molar-refractivity contribution is 0.324. The number of ether oxygens (including phenoxy) is 4. The summed E-state index contributed by atoms with van der Waals surface area (Å²) >= 11 is 6.22. The molecule has 0 unspecified atom stereocenters. The zero-order chi connectivity index (χ0) is 24.4. The molecule has 0 fully saturated rings. The number of aromatic hydroxyl groups is 1. The molecule has 2 aromatic carbocycles. The number of benzene rings is 2. The van der Waals surface area contributed by atoms with E-state index in [2.05, 4.69) is 26.2 Å². The summed E-state index contributed by atoms with van der Waals surface area (Å²) in [5.74, 6) is 2.49. The summed E-state index contributed by atoms with van der Waals surface area (Å²) in [6.45, 7) is 0. The van der Waals surface area contributed by atoms with Crippen molar-refractivity contribution in [3.8, 4) is 49.9 Å². The van der Waals surface area contributed by atoms with Crippen LogP contribution in [0.3, 0.4) is 0 Å². The Kier molecular flexibility index (Phi) is 7.00. The molecular weight excluding hydrogens is 544 g/mol. The van der Waals surface area contributed by atoms with Gasteiger partial charge in [-0.3, -0.25) is 0 Å². The average Bonchev–Trinajstić information content (AvgIpc) is 3.46. The SMILES string of the molecule is COc1cc(O)c(Br)c(-c2csc(-c3sc(Nc4cc(OC)c(OC)c(OC)c4)nc3N)n2)c1. The van der Waals surface area contributed by atoms with Crippen LogP contribution in [0.2, 0.25) is 0 Å². The number of thiazole rings is 2. The number of phenols is 1. The molecule has 34 heavy (non-hydrogen) atoms. The van der Waals surface area contributed by atoms with Crippen molar-refractivity contribution < 1.29 is 24.1 Å². The zero-order valence-corrected chi connectivity index (χ0v) is 21.9. The summed E-state index contributed by atoms with van der Waals surface area (Å²) in [5.41, 5.74) is 8.30. The van der Waals surface area contributed by atoms with Gasteiger partial charge in [-0.15, -0.1) is 11.3 Å². The van der Waals surface area contributed by atoms with Crippen LogP contribution in [0.4, 0.5) is 16.6 Å². The van der Waals surface area contributed by atoms with Crippen LogP contribution in [0, 0.1) is 0 Å². The Labute approximate surface area is 212 Å². The van der Waals surface area contributed by atoms with E-state index in [1.165, 1.54) is 28.7 Å². The average molecular weight is 565 g/mol. The Hall–Kier alpha value is -3.22. The highest BCUT2D eigenvalue weighted by molar-refractivity contribution is 9.10. The molecule has 4 N–H and O–H groups in total. The number of hydrogen-bond donors (Lipinski definition) is 3. The van der Waals surface area contributed by atoms with E-state index < -0.39 is 0 Å². The monoisotopic (exact) mass is 564 g/mol. The molecule has 4 aromatic rings. The normalized spacial score (nSPS) is 10.7. The van der Waals surface area contributed by atoms with E-state index in [4.69, 9.17) is 29.7 Å². The maximum Gasteiger partial charge on any atom is 0.203 e. The van der Waals surface area contributed by atoms with Crippen LogP contribution in [0.1, 0.15) is 0 Å². The third-order valence-electron chi connectivity index (χ3n) is 4.81. The summed E-state index contributed by atoms with van der Waals surface area (Å²) in [7, 11) is 6.20. The fourth-order valence-electron chi connectivity index (χ4n) is 3.20. The Morgan fingerprint density at radius 2 is 1.68 bits per heavy atom. The maximum atomic E-state index is 10.2. The molecule has 0 saturated carbocycles. The number of nitrogens with two attached hydrogens (primary N) is 1. The maximum absolute atomic E-state index is 10.2. The van der Waals surface area contributed by atoms with Crippen molar-refractivity contribution in [1.82, 2.24) is 9.97 Å². The summed E-state index contributed by atoms with van der Waals surface area (Å²) in [4.78, 5) is 9.89. The summed E-state index contributed by atoms with van der Waals surface area (Å²) in [5, 5.41) is 16.6. The number of methoxy groups -OCH3 is 4. The lowest BCUT2D eigenvalue weighted by Crippen LogP contribution is -1.97. The Morgan fingerprint density at radius 3 is 2.29 bits per heavy atom. The molecule has 178 valence electrons. The van der Waals surface area contributed by atoms with Crippen molar-refractivity contribution in [2.75, 3.05) is 39.5 Å². The Bertz CT molecular complexity index is 1320. The molecule has 0 spiro atoms. The van der Waals surface area contributed by atoms with Crippen LogP contribution < -0.4 is 30.0 Å². The number of rotatable bonds is 8. The Balaban J connectivity index is 1.65. The first-order valence-electron chi connectivity index (χ1n) is 9.74. The van der Waals surface area contributed by atoms with Crippen LogP contribution in [0.25, 0.3) is 21.1 Å². The van der Waals surface area contributed by atoms with Gasteiger partial charge in [0.2, 0.25) is 5.75 Å². The molecule has 0 amide bonds. The van der Waals surface area contributed by atoms with Gasteiger partial charge in [0.15, 0.2) is 16.6 Å². The predicted molar refractivity (Wildman–Crippen MR) is 138 cm³/mol. The molecule has 0 bridgehead atoms. The zero-order valence-electron chi connectivity index (χ0n) is 18.6. The number of halogens is 1. The molecule has 0 atom stereocenters. The van der Waals surface area contributed by atoms with Crippen molar-refractivity contribution in [1.29, 1.82) is 0 Å². The van der Waals surface area contributed by atoms with Crippen LogP contribution >= 0.6 is 38.6 Å². The number of phenolic OH excluding ortho intramolecular Hbond substituents is 1. The minimum Gasteiger partial charge on any atom is -0.507 e. The molecular formula is C22H21BrN4O5S2. The van der Waals surface area contributed by atoms with Crippen molar-refractivity contribution in [3.05, 3.63) is 34.1 Å². The molecule has 9 nitrogen and oxygen atoms in total. The van der Waals surface area contributed by atoms with Gasteiger partial charge in [0.25, 0.3) is 0 Å².